The average Bonchev–Trinajstić information content (AvgIpc) is 2.69. The maximum Gasteiger partial charge on any atom is 0.0541 e. The van der Waals surface area contributed by atoms with Gasteiger partial charge in [0.15, 0.2) is 0 Å². The Kier molecular flexibility index (Phi) is 4.64. The van der Waals surface area contributed by atoms with Crippen molar-refractivity contribution in [2.75, 3.05) is 0 Å². The van der Waals surface area contributed by atoms with Gasteiger partial charge in [-0.15, -0.1) is 0 Å². The molecule has 0 aliphatic heterocycles. The van der Waals surface area contributed by atoms with Gasteiger partial charge in [0.25, 0.3) is 0 Å². The number of hydrogen-bond donors (Lipinski definition) is 0. The molecule has 4 radical (unpaired) electrons. The summed E-state index contributed by atoms with van der Waals surface area (Å²) in [6, 6.07) is 0. The van der Waals surface area contributed by atoms with Crippen LogP contribution in [-0.2, 0) is 0 Å². The van der Waals surface area contributed by atoms with Gasteiger partial charge in [0, 0.05) is 14.8 Å². The molecule has 2 aliphatic rings. The molecule has 0 amide bonds. The molecule has 1 fully saturated rings. The fourth-order valence-electron chi connectivity index (χ4n) is 1.85. The van der Waals surface area contributed by atoms with Crippen LogP contribution in [0.5, 0.6) is 0 Å². The Bertz CT molecular complexity index is 131. The Morgan fingerprint density at radius 2 is 1.92 bits per heavy atom. The predicted octanol–water partition coefficient (Wildman–Crippen LogP) is 1.80. The van der Waals surface area contributed by atoms with Crippen LogP contribution >= 0.6 is 0 Å². The lowest BCUT2D eigenvalue weighted by Gasteiger charge is -1.96. The Morgan fingerprint density at radius 1 is 1.33 bits per heavy atom. The minimum Gasteiger partial charge on any atom is -0.0923 e. The van der Waals surface area contributed by atoms with Gasteiger partial charge in [-0.3, -0.25) is 0 Å². The molecule has 2 rings (SSSR count). The van der Waals surface area contributed by atoms with Crippen molar-refractivity contribution < 1.29 is 0 Å². The zero-order valence-electron chi connectivity index (χ0n) is 7.87. The van der Waals surface area contributed by atoms with Crippen LogP contribution in [0.3, 0.4) is 0 Å². The zero-order chi connectivity index (χ0) is 8.81. The van der Waals surface area contributed by atoms with E-state index in [1.165, 1.54) is 19.3 Å². The van der Waals surface area contributed by atoms with Crippen LogP contribution in [0.1, 0.15) is 26.2 Å². The van der Waals surface area contributed by atoms with Gasteiger partial charge in [-0.25, -0.2) is 0 Å². The van der Waals surface area contributed by atoms with Crippen molar-refractivity contribution in [2.45, 2.75) is 32.5 Å². The third kappa shape index (κ3) is 3.12. The molecule has 2 bridgehead atoms. The standard InChI is InChI=1S/C7H10.C2H5B3/c1-2-7-4-3-6(1)5-7;1-2-4-5-3/h1-2,6-7H,3-5H2;2H2,1H3. The number of fused-ring (bicyclic) bond motifs is 2. The van der Waals surface area contributed by atoms with Crippen LogP contribution in [0, 0.1) is 11.8 Å². The van der Waals surface area contributed by atoms with Crippen LogP contribution in [0.4, 0.5) is 0 Å². The maximum absolute atomic E-state index is 4.96. The molecule has 0 nitrogen and oxygen atoms in total. The van der Waals surface area contributed by atoms with Crippen LogP contribution in [0.2, 0.25) is 6.32 Å². The fraction of sp³-hybridized carbons (Fsp3) is 0.778. The summed E-state index contributed by atoms with van der Waals surface area (Å²) in [7, 11) is 8.42. The monoisotopic (exact) mass is 156 g/mol. The van der Waals surface area contributed by atoms with Gasteiger partial charge in [0.05, 0.1) is 7.17 Å². The Morgan fingerprint density at radius 3 is 2.00 bits per heavy atom. The first-order valence-electron chi connectivity index (χ1n) is 4.92. The highest BCUT2D eigenvalue weighted by Gasteiger charge is 2.25. The molecule has 3 heteroatoms. The van der Waals surface area contributed by atoms with E-state index in [0.29, 0.717) is 0 Å². The minimum absolute atomic E-state index is 0.991. The first-order valence-corrected chi connectivity index (χ1v) is 4.92. The van der Waals surface area contributed by atoms with E-state index >= 15 is 0 Å². The van der Waals surface area contributed by atoms with E-state index in [4.69, 9.17) is 7.74 Å². The molecular weight excluding hydrogens is 141 g/mol. The molecule has 2 aliphatic carbocycles. The van der Waals surface area contributed by atoms with Crippen LogP contribution in [0.15, 0.2) is 12.2 Å². The van der Waals surface area contributed by atoms with Crippen molar-refractivity contribution in [3.63, 3.8) is 0 Å². The summed E-state index contributed by atoms with van der Waals surface area (Å²) in [6.07, 6.45) is 10.2. The van der Waals surface area contributed by atoms with Gasteiger partial charge in [0.2, 0.25) is 0 Å². The minimum atomic E-state index is 0.991. The quantitative estimate of drug-likeness (QED) is 0.422. The average molecular weight is 156 g/mol. The normalized spacial score (nSPS) is 29.4. The van der Waals surface area contributed by atoms with Crippen molar-refractivity contribution in [2.24, 2.45) is 11.8 Å². The van der Waals surface area contributed by atoms with Gasteiger partial charge >= 0.3 is 0 Å². The molecule has 0 aromatic carbocycles. The van der Waals surface area contributed by atoms with Crippen molar-refractivity contribution in [1.82, 2.24) is 0 Å². The maximum atomic E-state index is 4.96. The number of allylic oxidation sites excluding steroid dienone is 2. The highest BCUT2D eigenvalue weighted by molar-refractivity contribution is 7.23. The SMILES string of the molecule is C1=CC2CCC1C2.[B][B][B]CC. The smallest absolute Gasteiger partial charge is 0.0541 e. The topological polar surface area (TPSA) is 0 Å². The lowest BCUT2D eigenvalue weighted by Crippen LogP contribution is -1.98. The molecule has 0 aromatic heterocycles. The van der Waals surface area contributed by atoms with E-state index in [1.54, 1.807) is 7.06 Å². The second-order valence-corrected chi connectivity index (χ2v) is 3.55. The van der Waals surface area contributed by atoms with Gasteiger partial charge in [-0.05, 0) is 31.1 Å². The molecule has 1 saturated carbocycles. The lowest BCUT2D eigenvalue weighted by molar-refractivity contribution is 0.691. The van der Waals surface area contributed by atoms with Crippen LogP contribution in [-0.4, -0.2) is 22.0 Å². The molecule has 2 atom stereocenters. The Balaban J connectivity index is 0.000000130. The van der Waals surface area contributed by atoms with Crippen LogP contribution < -0.4 is 0 Å². The Labute approximate surface area is 79.1 Å². The summed E-state index contributed by atoms with van der Waals surface area (Å²) >= 11 is 0. The third-order valence-electron chi connectivity index (χ3n) is 2.54. The fourth-order valence-corrected chi connectivity index (χ4v) is 1.85. The highest BCUT2D eigenvalue weighted by Crippen LogP contribution is 2.38. The van der Waals surface area contributed by atoms with E-state index in [2.05, 4.69) is 12.2 Å². The first kappa shape index (κ1) is 10.0. The first-order chi connectivity index (χ1) is 5.86. The Hall–Kier alpha value is -0.0652. The predicted molar refractivity (Wildman–Crippen MR) is 57.7 cm³/mol. The van der Waals surface area contributed by atoms with Crippen molar-refractivity contribution in [3.8, 4) is 0 Å². The summed E-state index contributed by atoms with van der Waals surface area (Å²) in [5.41, 5.74) is 0. The molecule has 0 saturated heterocycles. The van der Waals surface area contributed by atoms with E-state index in [0.717, 1.165) is 18.2 Å². The number of rotatable bonds is 2. The van der Waals surface area contributed by atoms with Crippen LogP contribution in [0.25, 0.3) is 0 Å². The molecule has 0 heterocycles. The van der Waals surface area contributed by atoms with Gasteiger partial charge in [-0.2, -0.15) is 0 Å². The second-order valence-electron chi connectivity index (χ2n) is 3.55. The van der Waals surface area contributed by atoms with E-state index in [9.17, 15) is 0 Å². The molecular formula is C9H15B3. The van der Waals surface area contributed by atoms with E-state index in [1.807, 2.05) is 14.1 Å². The number of hydrogen-bond acceptors (Lipinski definition) is 0. The molecule has 0 N–H and O–H groups in total. The molecule has 12 heavy (non-hydrogen) atoms. The second kappa shape index (κ2) is 5.56. The summed E-state index contributed by atoms with van der Waals surface area (Å²) in [5.74, 6) is 1.98. The molecule has 2 unspecified atom stereocenters. The van der Waals surface area contributed by atoms with E-state index < -0.39 is 0 Å². The van der Waals surface area contributed by atoms with Gasteiger partial charge < -0.3 is 0 Å². The van der Waals surface area contributed by atoms with E-state index in [-0.39, 0.29) is 0 Å². The van der Waals surface area contributed by atoms with Gasteiger partial charge in [-0.1, -0.05) is 25.4 Å². The largest absolute Gasteiger partial charge is 0.0923 e. The van der Waals surface area contributed by atoms with Crippen molar-refractivity contribution >= 4 is 22.0 Å². The highest BCUT2D eigenvalue weighted by atomic mass is 14.3. The third-order valence-corrected chi connectivity index (χ3v) is 2.54. The van der Waals surface area contributed by atoms with Gasteiger partial charge in [0.1, 0.15) is 0 Å². The zero-order valence-corrected chi connectivity index (χ0v) is 7.87. The summed E-state index contributed by atoms with van der Waals surface area (Å²) in [5, 5.41) is 0. The molecule has 60 valence electrons. The summed E-state index contributed by atoms with van der Waals surface area (Å²) < 4.78 is 0. The summed E-state index contributed by atoms with van der Waals surface area (Å²) in [6.45, 7) is 2.04. The van der Waals surface area contributed by atoms with Crippen molar-refractivity contribution in [1.29, 1.82) is 0 Å². The summed E-state index contributed by atoms with van der Waals surface area (Å²) in [4.78, 5) is 0. The van der Waals surface area contributed by atoms with Crippen molar-refractivity contribution in [3.05, 3.63) is 12.2 Å². The molecule has 0 aromatic rings. The lowest BCUT2D eigenvalue weighted by atomic mass is 9.27. The molecule has 0 spiro atoms.